The number of fused-ring (bicyclic) bond motifs is 1. The third-order valence-corrected chi connectivity index (χ3v) is 6.34. The lowest BCUT2D eigenvalue weighted by atomic mass is 10.1. The molecule has 0 aliphatic carbocycles. The number of hydrogen-bond donors (Lipinski definition) is 1. The summed E-state index contributed by atoms with van der Waals surface area (Å²) in [5.74, 6) is 0.262. The molecule has 8 heteroatoms. The normalized spacial score (nSPS) is 13.3. The van der Waals surface area contributed by atoms with Gasteiger partial charge in [-0.25, -0.2) is 9.48 Å². The molecule has 1 N–H and O–H groups in total. The maximum Gasteiger partial charge on any atom is 0.337 e. The summed E-state index contributed by atoms with van der Waals surface area (Å²) in [4.78, 5) is 37.8. The maximum absolute atomic E-state index is 13.3. The Labute approximate surface area is 204 Å². The summed E-state index contributed by atoms with van der Waals surface area (Å²) in [6.45, 7) is 5.94. The summed E-state index contributed by atoms with van der Waals surface area (Å²) in [7, 11) is 1.35. The number of carbonyl (C=O) groups excluding carboxylic acids is 3. The lowest BCUT2D eigenvalue weighted by Gasteiger charge is -2.20. The van der Waals surface area contributed by atoms with Crippen molar-refractivity contribution in [2.75, 3.05) is 18.6 Å². The first kappa shape index (κ1) is 24.2. The standard InChI is InChI=1S/C27H30N4O4/c1-18(22-10-12-23(13-11-22)27(34)35-3)28-25(33)24-19(2)29-31-15-14-30(26(24)31)17-21-8-6-20(7-9-21)5-4-16-32/h6-13,16,18H,4-5,14-15,17H2,1-3H3,(H,28,33)/t18-/m0/s1. The van der Waals surface area contributed by atoms with Crippen molar-refractivity contribution in [2.45, 2.75) is 45.8 Å². The monoisotopic (exact) mass is 474 g/mol. The maximum atomic E-state index is 13.3. The molecule has 0 saturated heterocycles. The van der Waals surface area contributed by atoms with Crippen LogP contribution < -0.4 is 10.2 Å². The molecular formula is C27H30N4O4. The fraction of sp³-hybridized carbons (Fsp3) is 0.333. The molecule has 0 fully saturated rings. The first-order valence-corrected chi connectivity index (χ1v) is 11.7. The van der Waals surface area contributed by atoms with Crippen LogP contribution in [0.4, 0.5) is 5.82 Å². The van der Waals surface area contributed by atoms with Crippen molar-refractivity contribution in [1.82, 2.24) is 15.1 Å². The highest BCUT2D eigenvalue weighted by Crippen LogP contribution is 2.30. The van der Waals surface area contributed by atoms with Crippen molar-refractivity contribution in [2.24, 2.45) is 0 Å². The van der Waals surface area contributed by atoms with Gasteiger partial charge in [-0.05, 0) is 49.1 Å². The molecule has 2 heterocycles. The van der Waals surface area contributed by atoms with Crippen molar-refractivity contribution in [3.05, 3.63) is 82.0 Å². The second-order valence-corrected chi connectivity index (χ2v) is 8.76. The van der Waals surface area contributed by atoms with E-state index < -0.39 is 5.97 Å². The van der Waals surface area contributed by atoms with Gasteiger partial charge in [0.05, 0.1) is 31.0 Å². The third-order valence-electron chi connectivity index (χ3n) is 6.34. The summed E-state index contributed by atoms with van der Waals surface area (Å²) in [6, 6.07) is 15.0. The predicted octanol–water partition coefficient (Wildman–Crippen LogP) is 3.62. The highest BCUT2D eigenvalue weighted by molar-refractivity contribution is 6.00. The molecule has 1 amide bonds. The van der Waals surface area contributed by atoms with E-state index in [1.807, 2.05) is 30.7 Å². The molecule has 2 aromatic carbocycles. The fourth-order valence-corrected chi connectivity index (χ4v) is 4.42. The van der Waals surface area contributed by atoms with Crippen molar-refractivity contribution in [3.8, 4) is 0 Å². The SMILES string of the molecule is COC(=O)c1ccc([C@H](C)NC(=O)c2c(C)nn3c2N(Cc2ccc(CCC=O)cc2)CC3)cc1. The van der Waals surface area contributed by atoms with Gasteiger partial charge < -0.3 is 19.7 Å². The van der Waals surface area contributed by atoms with E-state index in [0.29, 0.717) is 29.8 Å². The van der Waals surface area contributed by atoms with Gasteiger partial charge in [-0.2, -0.15) is 5.10 Å². The number of nitrogens with one attached hydrogen (secondary N) is 1. The number of benzene rings is 2. The lowest BCUT2D eigenvalue weighted by Crippen LogP contribution is -2.29. The number of anilines is 1. The van der Waals surface area contributed by atoms with Crippen LogP contribution in [0.1, 0.15) is 62.5 Å². The van der Waals surface area contributed by atoms with Gasteiger partial charge in [0, 0.05) is 19.5 Å². The number of carbonyl (C=O) groups is 3. The van der Waals surface area contributed by atoms with Gasteiger partial charge in [0.25, 0.3) is 5.91 Å². The number of aryl methyl sites for hydroxylation is 2. The fourth-order valence-electron chi connectivity index (χ4n) is 4.42. The van der Waals surface area contributed by atoms with Crippen LogP contribution in [0.25, 0.3) is 0 Å². The summed E-state index contributed by atoms with van der Waals surface area (Å²) in [5, 5.41) is 7.68. The van der Waals surface area contributed by atoms with Gasteiger partial charge in [0.1, 0.15) is 17.7 Å². The lowest BCUT2D eigenvalue weighted by molar-refractivity contribution is -0.107. The van der Waals surface area contributed by atoms with E-state index in [4.69, 9.17) is 4.74 Å². The minimum absolute atomic E-state index is 0.176. The molecule has 3 aromatic rings. The van der Waals surface area contributed by atoms with E-state index in [9.17, 15) is 14.4 Å². The first-order valence-electron chi connectivity index (χ1n) is 11.7. The van der Waals surface area contributed by atoms with E-state index in [-0.39, 0.29) is 11.9 Å². The highest BCUT2D eigenvalue weighted by atomic mass is 16.5. The molecule has 1 aliphatic heterocycles. The quantitative estimate of drug-likeness (QED) is 0.376. The molecule has 182 valence electrons. The Hall–Kier alpha value is -3.94. The van der Waals surface area contributed by atoms with E-state index in [2.05, 4.69) is 39.6 Å². The van der Waals surface area contributed by atoms with Crippen molar-refractivity contribution < 1.29 is 19.1 Å². The third kappa shape index (κ3) is 5.26. The predicted molar refractivity (Wildman–Crippen MR) is 133 cm³/mol. The largest absolute Gasteiger partial charge is 0.465 e. The zero-order valence-corrected chi connectivity index (χ0v) is 20.3. The molecule has 4 rings (SSSR count). The van der Waals surface area contributed by atoms with Crippen LogP contribution in [0.3, 0.4) is 0 Å². The van der Waals surface area contributed by atoms with Gasteiger partial charge in [0.2, 0.25) is 0 Å². The van der Waals surface area contributed by atoms with Gasteiger partial charge in [-0.3, -0.25) is 4.79 Å². The average Bonchev–Trinajstić information content (AvgIpc) is 3.40. The molecule has 1 aromatic heterocycles. The number of aldehydes is 1. The van der Waals surface area contributed by atoms with E-state index in [1.54, 1.807) is 12.1 Å². The van der Waals surface area contributed by atoms with E-state index >= 15 is 0 Å². The zero-order chi connectivity index (χ0) is 24.9. The van der Waals surface area contributed by atoms with Crippen LogP contribution in [0.15, 0.2) is 48.5 Å². The molecule has 0 spiro atoms. The van der Waals surface area contributed by atoms with Crippen LogP contribution in [0, 0.1) is 6.92 Å². The minimum Gasteiger partial charge on any atom is -0.465 e. The van der Waals surface area contributed by atoms with Gasteiger partial charge >= 0.3 is 5.97 Å². The second kappa shape index (κ2) is 10.5. The topological polar surface area (TPSA) is 93.5 Å². The molecular weight excluding hydrogens is 444 g/mol. The molecule has 0 radical (unpaired) electrons. The van der Waals surface area contributed by atoms with Crippen molar-refractivity contribution >= 4 is 24.0 Å². The summed E-state index contributed by atoms with van der Waals surface area (Å²) in [5.41, 5.74) is 4.91. The Morgan fingerprint density at radius 3 is 2.43 bits per heavy atom. The number of methoxy groups -OCH3 is 1. The Kier molecular flexibility index (Phi) is 7.29. The summed E-state index contributed by atoms with van der Waals surface area (Å²) >= 11 is 0. The Balaban J connectivity index is 1.48. The molecule has 0 unspecified atom stereocenters. The first-order chi connectivity index (χ1) is 16.9. The van der Waals surface area contributed by atoms with E-state index in [0.717, 1.165) is 48.3 Å². The average molecular weight is 475 g/mol. The Morgan fingerprint density at radius 1 is 1.09 bits per heavy atom. The number of nitrogens with zero attached hydrogens (tertiary/aromatic N) is 3. The van der Waals surface area contributed by atoms with Crippen LogP contribution in [0.5, 0.6) is 0 Å². The Morgan fingerprint density at radius 2 is 1.77 bits per heavy atom. The number of hydrogen-bond acceptors (Lipinski definition) is 6. The number of aromatic nitrogens is 2. The molecule has 1 aliphatic rings. The summed E-state index contributed by atoms with van der Waals surface area (Å²) < 4.78 is 6.65. The van der Waals surface area contributed by atoms with Crippen LogP contribution in [-0.4, -0.2) is 41.6 Å². The van der Waals surface area contributed by atoms with E-state index in [1.165, 1.54) is 7.11 Å². The van der Waals surface area contributed by atoms with Gasteiger partial charge in [0.15, 0.2) is 0 Å². The van der Waals surface area contributed by atoms with Crippen molar-refractivity contribution in [1.29, 1.82) is 0 Å². The Bertz CT molecular complexity index is 1220. The molecule has 1 atom stereocenters. The molecule has 0 saturated carbocycles. The molecule has 35 heavy (non-hydrogen) atoms. The second-order valence-electron chi connectivity index (χ2n) is 8.76. The highest BCUT2D eigenvalue weighted by Gasteiger charge is 2.30. The van der Waals surface area contributed by atoms with Crippen LogP contribution in [-0.2, 0) is 29.0 Å². The number of esters is 1. The van der Waals surface area contributed by atoms with Crippen LogP contribution >= 0.6 is 0 Å². The van der Waals surface area contributed by atoms with Gasteiger partial charge in [-0.1, -0.05) is 36.4 Å². The molecule has 0 bridgehead atoms. The number of amides is 1. The van der Waals surface area contributed by atoms with Gasteiger partial charge in [-0.15, -0.1) is 0 Å². The van der Waals surface area contributed by atoms with Crippen molar-refractivity contribution in [3.63, 3.8) is 0 Å². The smallest absolute Gasteiger partial charge is 0.337 e. The number of rotatable bonds is 9. The minimum atomic E-state index is -0.394. The molecule has 8 nitrogen and oxygen atoms in total. The number of ether oxygens (including phenoxy) is 1. The summed E-state index contributed by atoms with van der Waals surface area (Å²) in [6.07, 6.45) is 2.20. The zero-order valence-electron chi connectivity index (χ0n) is 20.3. The van der Waals surface area contributed by atoms with Crippen LogP contribution in [0.2, 0.25) is 0 Å².